The van der Waals surface area contributed by atoms with E-state index in [0.29, 0.717) is 37.8 Å². The number of nitrogens with one attached hydrogen (secondary N) is 1. The zero-order valence-electron chi connectivity index (χ0n) is 16.6. The van der Waals surface area contributed by atoms with Gasteiger partial charge in [0, 0.05) is 23.0 Å². The number of aromatic nitrogens is 5. The lowest BCUT2D eigenvalue weighted by Gasteiger charge is -2.31. The van der Waals surface area contributed by atoms with Crippen LogP contribution in [0, 0.1) is 13.8 Å². The minimum atomic E-state index is -4.37. The number of nitrogens with zero attached hydrogens (tertiary/aromatic N) is 6. The highest BCUT2D eigenvalue weighted by atomic mass is 19.4. The highest BCUT2D eigenvalue weighted by Crippen LogP contribution is 2.28. The zero-order chi connectivity index (χ0) is 21.5. The molecule has 1 amide bonds. The summed E-state index contributed by atoms with van der Waals surface area (Å²) in [7, 11) is 0. The Morgan fingerprint density at radius 2 is 1.90 bits per heavy atom. The molecule has 4 heterocycles. The molecule has 3 aromatic rings. The first-order chi connectivity index (χ1) is 14.2. The van der Waals surface area contributed by atoms with E-state index in [1.165, 1.54) is 12.4 Å². The summed E-state index contributed by atoms with van der Waals surface area (Å²) in [5.41, 5.74) is 1.70. The predicted octanol–water partition coefficient (Wildman–Crippen LogP) is 1.47. The molecule has 0 unspecified atom stereocenters. The monoisotopic (exact) mass is 420 g/mol. The second-order valence-electron chi connectivity index (χ2n) is 7.24. The topological polar surface area (TPSA) is 80.8 Å². The van der Waals surface area contributed by atoms with Crippen molar-refractivity contribution in [2.45, 2.75) is 26.4 Å². The van der Waals surface area contributed by atoms with Crippen LogP contribution in [0.4, 0.5) is 19.0 Å². The molecule has 0 spiro atoms. The zero-order valence-corrected chi connectivity index (χ0v) is 16.6. The highest BCUT2D eigenvalue weighted by Gasteiger charge is 2.33. The van der Waals surface area contributed by atoms with Crippen molar-refractivity contribution in [2.75, 3.05) is 31.1 Å². The molecule has 8 nitrogen and oxygen atoms in total. The number of H-pyrrole nitrogens is 1. The van der Waals surface area contributed by atoms with Gasteiger partial charge in [-0.3, -0.25) is 9.69 Å². The van der Waals surface area contributed by atoms with Gasteiger partial charge in [-0.1, -0.05) is 0 Å². The first-order valence-corrected chi connectivity index (χ1v) is 9.51. The van der Waals surface area contributed by atoms with Crippen LogP contribution in [-0.4, -0.2) is 56.6 Å². The molecule has 1 saturated heterocycles. The van der Waals surface area contributed by atoms with E-state index >= 15 is 0 Å². The summed E-state index contributed by atoms with van der Waals surface area (Å²) in [6.07, 6.45) is -1.77. The van der Waals surface area contributed by atoms with Gasteiger partial charge in [-0.2, -0.15) is 23.3 Å². The molecule has 30 heavy (non-hydrogen) atoms. The molecule has 1 aliphatic rings. The molecular formula is C19H21F3N7O+. The Morgan fingerprint density at radius 1 is 1.17 bits per heavy atom. The Labute approximate surface area is 170 Å². The number of amides is 1. The van der Waals surface area contributed by atoms with Crippen molar-refractivity contribution in [1.82, 2.24) is 24.5 Å². The van der Waals surface area contributed by atoms with Crippen LogP contribution in [0.15, 0.2) is 24.7 Å². The van der Waals surface area contributed by atoms with Crippen LogP contribution in [0.3, 0.4) is 0 Å². The van der Waals surface area contributed by atoms with E-state index in [4.69, 9.17) is 0 Å². The Kier molecular flexibility index (Phi) is 5.04. The van der Waals surface area contributed by atoms with Crippen LogP contribution in [0.2, 0.25) is 0 Å². The summed E-state index contributed by atoms with van der Waals surface area (Å²) in [5.74, 6) is 1.09. The number of pyridine rings is 1. The molecule has 0 saturated carbocycles. The van der Waals surface area contributed by atoms with Crippen molar-refractivity contribution in [1.29, 1.82) is 0 Å². The molecule has 4 rings (SSSR count). The quantitative estimate of drug-likeness (QED) is 0.641. The van der Waals surface area contributed by atoms with Crippen LogP contribution in [0.5, 0.6) is 0 Å². The van der Waals surface area contributed by atoms with Gasteiger partial charge in [0.1, 0.15) is 25.6 Å². The average Bonchev–Trinajstić information content (AvgIpc) is 3.19. The van der Waals surface area contributed by atoms with E-state index < -0.39 is 11.7 Å². The molecule has 1 aliphatic heterocycles. The summed E-state index contributed by atoms with van der Waals surface area (Å²) < 4.78 is 39.8. The molecule has 1 N–H and O–H groups in total. The summed E-state index contributed by atoms with van der Waals surface area (Å²) in [6, 6.07) is 2.48. The smallest absolute Gasteiger partial charge is 0.335 e. The number of fused-ring (bicyclic) bond motifs is 1. The van der Waals surface area contributed by atoms with Crippen molar-refractivity contribution in [3.8, 4) is 0 Å². The van der Waals surface area contributed by atoms with E-state index in [1.54, 1.807) is 9.42 Å². The fourth-order valence-electron chi connectivity index (χ4n) is 3.66. The van der Waals surface area contributed by atoms with E-state index in [-0.39, 0.29) is 12.3 Å². The number of carbonyl (C=O) groups excluding carboxylic acids is 1. The highest BCUT2D eigenvalue weighted by molar-refractivity contribution is 5.79. The Morgan fingerprint density at radius 3 is 2.53 bits per heavy atom. The minimum Gasteiger partial charge on any atom is -0.335 e. The summed E-state index contributed by atoms with van der Waals surface area (Å²) in [4.78, 5) is 27.7. The molecule has 1 fully saturated rings. The van der Waals surface area contributed by atoms with E-state index in [2.05, 4.69) is 20.1 Å². The van der Waals surface area contributed by atoms with Crippen molar-refractivity contribution >= 4 is 17.5 Å². The molecule has 158 valence electrons. The maximum Gasteiger partial charge on any atom is 0.419 e. The number of alkyl halides is 3. The third-order valence-electron chi connectivity index (χ3n) is 5.41. The number of halogens is 3. The van der Waals surface area contributed by atoms with Crippen LogP contribution in [-0.2, 0) is 17.4 Å². The molecule has 0 radical (unpaired) electrons. The van der Waals surface area contributed by atoms with E-state index in [0.717, 1.165) is 29.2 Å². The fourth-order valence-corrected chi connectivity index (χ4v) is 3.66. The molecule has 0 atom stereocenters. The summed E-state index contributed by atoms with van der Waals surface area (Å²) >= 11 is 0. The van der Waals surface area contributed by atoms with Gasteiger partial charge in [0.15, 0.2) is 0 Å². The second-order valence-corrected chi connectivity index (χ2v) is 7.24. The van der Waals surface area contributed by atoms with Crippen LogP contribution >= 0.6 is 0 Å². The molecule has 0 aromatic carbocycles. The van der Waals surface area contributed by atoms with Crippen molar-refractivity contribution in [2.24, 2.45) is 0 Å². The number of piperazine rings is 1. The van der Waals surface area contributed by atoms with Gasteiger partial charge in [-0.15, -0.1) is 0 Å². The van der Waals surface area contributed by atoms with Gasteiger partial charge in [0.2, 0.25) is 5.91 Å². The lowest BCUT2D eigenvalue weighted by Crippen LogP contribution is -2.50. The largest absolute Gasteiger partial charge is 0.419 e. The SMILES string of the molecule is Cc1nc2ncnn2c(C)c1CC(=O)N1CCN(c2ccc(C(F)(F)F)c[nH+]2)CC1. The third kappa shape index (κ3) is 3.79. The predicted molar refractivity (Wildman–Crippen MR) is 101 cm³/mol. The standard InChI is InChI=1S/C19H20F3N7O/c1-12-15(13(2)29-18(26-12)24-11-25-29)9-17(30)28-7-5-27(6-8-28)16-4-3-14(10-23-16)19(20,21)22/h3-4,10-11H,5-9H2,1-2H3/p+1. The number of carbonyl (C=O) groups is 1. The molecule has 0 aliphatic carbocycles. The maximum absolute atomic E-state index is 12.8. The number of aromatic amines is 1. The van der Waals surface area contributed by atoms with Gasteiger partial charge >= 0.3 is 6.18 Å². The number of rotatable bonds is 3. The lowest BCUT2D eigenvalue weighted by molar-refractivity contribution is -0.367. The fraction of sp³-hybridized carbons (Fsp3) is 0.421. The van der Waals surface area contributed by atoms with Gasteiger partial charge in [0.25, 0.3) is 11.6 Å². The van der Waals surface area contributed by atoms with Crippen LogP contribution < -0.4 is 9.88 Å². The lowest BCUT2D eigenvalue weighted by atomic mass is 10.1. The Hall–Kier alpha value is -3.24. The van der Waals surface area contributed by atoms with Crippen LogP contribution in [0.25, 0.3) is 5.78 Å². The third-order valence-corrected chi connectivity index (χ3v) is 5.41. The Bertz CT molecular complexity index is 1070. The Balaban J connectivity index is 1.40. The minimum absolute atomic E-state index is 0.0153. The van der Waals surface area contributed by atoms with Crippen molar-refractivity contribution < 1.29 is 22.9 Å². The van der Waals surface area contributed by atoms with Gasteiger partial charge in [-0.05, 0) is 19.9 Å². The summed E-state index contributed by atoms with van der Waals surface area (Å²) in [6.45, 7) is 5.79. The second kappa shape index (κ2) is 7.54. The van der Waals surface area contributed by atoms with Crippen molar-refractivity contribution in [3.63, 3.8) is 0 Å². The normalized spacial score (nSPS) is 15.1. The van der Waals surface area contributed by atoms with Gasteiger partial charge < -0.3 is 4.90 Å². The van der Waals surface area contributed by atoms with Crippen LogP contribution in [0.1, 0.15) is 22.5 Å². The molecule has 3 aromatic heterocycles. The van der Waals surface area contributed by atoms with E-state index in [1.807, 2.05) is 18.7 Å². The number of aryl methyl sites for hydroxylation is 2. The van der Waals surface area contributed by atoms with Gasteiger partial charge in [-0.25, -0.2) is 14.5 Å². The number of hydrogen-bond donors (Lipinski definition) is 0. The number of anilines is 1. The number of hydrogen-bond acceptors (Lipinski definition) is 5. The van der Waals surface area contributed by atoms with E-state index in [9.17, 15) is 18.0 Å². The average molecular weight is 420 g/mol. The van der Waals surface area contributed by atoms with Crippen molar-refractivity contribution in [3.05, 3.63) is 47.2 Å². The maximum atomic E-state index is 12.8. The molecular weight excluding hydrogens is 399 g/mol. The summed E-state index contributed by atoms with van der Waals surface area (Å²) in [5, 5.41) is 4.14. The van der Waals surface area contributed by atoms with Gasteiger partial charge in [0.05, 0.1) is 25.1 Å². The molecule has 11 heteroatoms. The first-order valence-electron chi connectivity index (χ1n) is 9.51. The first kappa shape index (κ1) is 20.0. The molecule has 0 bridgehead atoms.